The number of rotatable bonds is 7. The monoisotopic (exact) mass is 372 g/mol. The molecule has 1 unspecified atom stereocenters. The Labute approximate surface area is 164 Å². The summed E-state index contributed by atoms with van der Waals surface area (Å²) in [7, 11) is 0. The van der Waals surface area contributed by atoms with Crippen LogP contribution in [-0.4, -0.2) is 62.3 Å². The van der Waals surface area contributed by atoms with Crippen molar-refractivity contribution in [3.63, 3.8) is 0 Å². The van der Waals surface area contributed by atoms with Crippen LogP contribution in [0.5, 0.6) is 0 Å². The summed E-state index contributed by atoms with van der Waals surface area (Å²) < 4.78 is 5.66. The Hall–Kier alpha value is -1.59. The van der Waals surface area contributed by atoms with Gasteiger partial charge in [-0.2, -0.15) is 0 Å². The van der Waals surface area contributed by atoms with Crippen LogP contribution < -0.4 is 10.6 Å². The maximum atomic E-state index is 5.66. The molecule has 0 spiro atoms. The first-order valence-corrected chi connectivity index (χ1v) is 10.6. The summed E-state index contributed by atoms with van der Waals surface area (Å²) >= 11 is 0. The minimum absolute atomic E-state index is 0.183. The molecule has 5 nitrogen and oxygen atoms in total. The molecule has 2 aliphatic heterocycles. The van der Waals surface area contributed by atoms with Crippen molar-refractivity contribution in [2.75, 3.05) is 45.9 Å². The topological polar surface area (TPSA) is 48.9 Å². The molecule has 5 heteroatoms. The largest absolute Gasteiger partial charge is 0.381 e. The van der Waals surface area contributed by atoms with E-state index in [1.54, 1.807) is 0 Å². The van der Waals surface area contributed by atoms with E-state index < -0.39 is 0 Å². The Bertz CT molecular complexity index is 577. The zero-order chi connectivity index (χ0) is 19.0. The van der Waals surface area contributed by atoms with Gasteiger partial charge < -0.3 is 15.4 Å². The first-order valence-electron chi connectivity index (χ1n) is 10.6. The van der Waals surface area contributed by atoms with E-state index in [9.17, 15) is 0 Å². The predicted octanol–water partition coefficient (Wildman–Crippen LogP) is 2.99. The summed E-state index contributed by atoms with van der Waals surface area (Å²) in [5.74, 6) is 1.39. The van der Waals surface area contributed by atoms with Crippen LogP contribution in [0, 0.1) is 0 Å². The molecule has 27 heavy (non-hydrogen) atoms. The number of nitrogens with one attached hydrogen (secondary N) is 2. The summed E-state index contributed by atoms with van der Waals surface area (Å²) in [6.45, 7) is 11.2. The molecule has 1 aromatic rings. The molecule has 3 rings (SSSR count). The Morgan fingerprint density at radius 2 is 1.85 bits per heavy atom. The lowest BCUT2D eigenvalue weighted by molar-refractivity contribution is -0.0139. The van der Waals surface area contributed by atoms with Gasteiger partial charge in [0.2, 0.25) is 0 Å². The third-order valence-corrected chi connectivity index (χ3v) is 6.02. The maximum absolute atomic E-state index is 5.66. The van der Waals surface area contributed by atoms with E-state index in [0.29, 0.717) is 5.92 Å². The Morgan fingerprint density at radius 3 is 2.52 bits per heavy atom. The molecule has 0 saturated carbocycles. The molecule has 1 aromatic carbocycles. The Morgan fingerprint density at radius 1 is 1.15 bits per heavy atom. The van der Waals surface area contributed by atoms with Crippen LogP contribution >= 0.6 is 0 Å². The van der Waals surface area contributed by atoms with E-state index in [1.165, 1.54) is 31.5 Å². The van der Waals surface area contributed by atoms with Gasteiger partial charge in [0.05, 0.1) is 6.54 Å². The normalized spacial score (nSPS) is 21.8. The van der Waals surface area contributed by atoms with Crippen molar-refractivity contribution in [1.29, 1.82) is 0 Å². The Kier molecular flexibility index (Phi) is 7.53. The van der Waals surface area contributed by atoms with Gasteiger partial charge in [0.1, 0.15) is 0 Å². The van der Waals surface area contributed by atoms with Crippen molar-refractivity contribution in [3.05, 3.63) is 35.9 Å². The van der Waals surface area contributed by atoms with Gasteiger partial charge >= 0.3 is 0 Å². The van der Waals surface area contributed by atoms with Crippen LogP contribution in [0.25, 0.3) is 0 Å². The molecular weight excluding hydrogens is 336 g/mol. The number of benzene rings is 1. The molecule has 0 radical (unpaired) electrons. The molecule has 0 bridgehead atoms. The maximum Gasteiger partial charge on any atom is 0.191 e. The molecular formula is C22H36N4O. The van der Waals surface area contributed by atoms with Gasteiger partial charge in [-0.05, 0) is 57.2 Å². The van der Waals surface area contributed by atoms with Crippen molar-refractivity contribution in [2.24, 2.45) is 4.99 Å². The number of aliphatic imine (C=N–C) groups is 1. The first kappa shape index (κ1) is 20.2. The van der Waals surface area contributed by atoms with Crippen LogP contribution in [0.15, 0.2) is 35.3 Å². The molecule has 2 aliphatic rings. The zero-order valence-electron chi connectivity index (χ0n) is 17.0. The van der Waals surface area contributed by atoms with Gasteiger partial charge in [0, 0.05) is 31.8 Å². The second-order valence-electron chi connectivity index (χ2n) is 7.92. The van der Waals surface area contributed by atoms with Gasteiger partial charge in [-0.3, -0.25) is 9.89 Å². The number of ether oxygens (including phenoxy) is 1. The lowest BCUT2D eigenvalue weighted by atomic mass is 9.88. The quantitative estimate of drug-likeness (QED) is 0.571. The van der Waals surface area contributed by atoms with Gasteiger partial charge in [0.15, 0.2) is 5.96 Å². The van der Waals surface area contributed by atoms with E-state index in [2.05, 4.69) is 59.7 Å². The number of hydrogen-bond donors (Lipinski definition) is 2. The first-order chi connectivity index (χ1) is 13.2. The number of likely N-dealkylation sites (tertiary alicyclic amines) is 1. The molecule has 0 aliphatic carbocycles. The van der Waals surface area contributed by atoms with Crippen molar-refractivity contribution < 1.29 is 4.74 Å². The standard InChI is InChI=1S/C22H36N4O/c1-3-23-21(24-17-19(2)20-9-5-4-6-10-20)25-18-22(11-15-27-16-12-22)26-13-7-8-14-26/h4-6,9-10,19H,3,7-8,11-18H2,1-2H3,(H2,23,24,25). The molecule has 2 fully saturated rings. The summed E-state index contributed by atoms with van der Waals surface area (Å²) in [6.07, 6.45) is 4.82. The fourth-order valence-corrected chi connectivity index (χ4v) is 4.23. The molecule has 2 N–H and O–H groups in total. The second-order valence-corrected chi connectivity index (χ2v) is 7.92. The van der Waals surface area contributed by atoms with Crippen LogP contribution in [0.4, 0.5) is 0 Å². The van der Waals surface area contributed by atoms with Crippen LogP contribution in [-0.2, 0) is 4.74 Å². The highest BCUT2D eigenvalue weighted by atomic mass is 16.5. The van der Waals surface area contributed by atoms with E-state index in [-0.39, 0.29) is 5.54 Å². The van der Waals surface area contributed by atoms with Crippen LogP contribution in [0.1, 0.15) is 51.0 Å². The Balaban J connectivity index is 1.62. The lowest BCUT2D eigenvalue weighted by Crippen LogP contribution is -2.54. The average molecular weight is 373 g/mol. The summed E-state index contributed by atoms with van der Waals surface area (Å²) in [5.41, 5.74) is 1.54. The average Bonchev–Trinajstić information content (AvgIpc) is 3.27. The lowest BCUT2D eigenvalue weighted by Gasteiger charge is -2.43. The van der Waals surface area contributed by atoms with Crippen molar-refractivity contribution >= 4 is 5.96 Å². The van der Waals surface area contributed by atoms with Gasteiger partial charge in [-0.15, -0.1) is 0 Å². The molecule has 0 aromatic heterocycles. The van der Waals surface area contributed by atoms with Crippen molar-refractivity contribution in [3.8, 4) is 0 Å². The highest BCUT2D eigenvalue weighted by Crippen LogP contribution is 2.31. The molecule has 1 atom stereocenters. The number of guanidine groups is 1. The minimum atomic E-state index is 0.183. The van der Waals surface area contributed by atoms with E-state index >= 15 is 0 Å². The van der Waals surface area contributed by atoms with Crippen LogP contribution in [0.3, 0.4) is 0 Å². The third kappa shape index (κ3) is 5.45. The van der Waals surface area contributed by atoms with E-state index in [1.807, 2.05) is 0 Å². The van der Waals surface area contributed by atoms with E-state index in [4.69, 9.17) is 9.73 Å². The number of nitrogens with zero attached hydrogens (tertiary/aromatic N) is 2. The molecule has 0 amide bonds. The van der Waals surface area contributed by atoms with Gasteiger partial charge in [0.25, 0.3) is 0 Å². The van der Waals surface area contributed by atoms with Crippen LogP contribution in [0.2, 0.25) is 0 Å². The minimum Gasteiger partial charge on any atom is -0.381 e. The van der Waals surface area contributed by atoms with E-state index in [0.717, 1.165) is 51.6 Å². The fourth-order valence-electron chi connectivity index (χ4n) is 4.23. The van der Waals surface area contributed by atoms with Crippen molar-refractivity contribution in [2.45, 2.75) is 51.0 Å². The molecule has 2 saturated heterocycles. The van der Waals surface area contributed by atoms with Gasteiger partial charge in [-0.1, -0.05) is 37.3 Å². The zero-order valence-corrected chi connectivity index (χ0v) is 17.0. The van der Waals surface area contributed by atoms with Crippen molar-refractivity contribution in [1.82, 2.24) is 15.5 Å². The SMILES string of the molecule is CCNC(=NCC1(N2CCCC2)CCOCC1)NCC(C)c1ccccc1. The molecule has 2 heterocycles. The highest BCUT2D eigenvalue weighted by molar-refractivity contribution is 5.79. The molecule has 150 valence electrons. The number of hydrogen-bond acceptors (Lipinski definition) is 3. The third-order valence-electron chi connectivity index (χ3n) is 6.02. The second kappa shape index (κ2) is 10.1. The fraction of sp³-hybridized carbons (Fsp3) is 0.682. The smallest absolute Gasteiger partial charge is 0.191 e. The summed E-state index contributed by atoms with van der Waals surface area (Å²) in [5, 5.41) is 6.98. The van der Waals surface area contributed by atoms with Gasteiger partial charge in [-0.25, -0.2) is 0 Å². The predicted molar refractivity (Wildman–Crippen MR) is 112 cm³/mol. The summed E-state index contributed by atoms with van der Waals surface area (Å²) in [6, 6.07) is 10.7. The highest BCUT2D eigenvalue weighted by Gasteiger charge is 2.39. The summed E-state index contributed by atoms with van der Waals surface area (Å²) in [4.78, 5) is 7.69.